The predicted molar refractivity (Wildman–Crippen MR) is 88.7 cm³/mol. The second-order valence-corrected chi connectivity index (χ2v) is 7.73. The highest BCUT2D eigenvalue weighted by molar-refractivity contribution is 7.18. The molecule has 126 valence electrons. The second kappa shape index (κ2) is 5.99. The van der Waals surface area contributed by atoms with E-state index >= 15 is 0 Å². The summed E-state index contributed by atoms with van der Waals surface area (Å²) in [6.07, 6.45) is 3.66. The number of thiazole rings is 2. The van der Waals surface area contributed by atoms with Crippen LogP contribution in [0.5, 0.6) is 0 Å². The second-order valence-electron chi connectivity index (χ2n) is 5.70. The summed E-state index contributed by atoms with van der Waals surface area (Å²) in [6.45, 7) is 2.81. The molecule has 2 aromatic heterocycles. The maximum absolute atomic E-state index is 12.4. The van der Waals surface area contributed by atoms with Gasteiger partial charge < -0.3 is 9.47 Å². The fourth-order valence-electron chi connectivity index (χ4n) is 2.71. The van der Waals surface area contributed by atoms with Crippen LogP contribution in [0.15, 0.2) is 6.20 Å². The first kappa shape index (κ1) is 15.8. The highest BCUT2D eigenvalue weighted by Gasteiger charge is 2.36. The van der Waals surface area contributed by atoms with Gasteiger partial charge in [-0.15, -0.1) is 11.3 Å². The SMILES string of the molecule is CC1(c2ncc(C(=O)Nc3nc4c(s3)C(=O)CCC4)s2)OCCO1. The van der Waals surface area contributed by atoms with Crippen LogP contribution < -0.4 is 5.32 Å². The third kappa shape index (κ3) is 2.77. The molecule has 0 aromatic carbocycles. The fraction of sp³-hybridized carbons (Fsp3) is 0.467. The number of nitrogens with one attached hydrogen (secondary N) is 1. The number of fused-ring (bicyclic) bond motifs is 1. The minimum atomic E-state index is -0.879. The van der Waals surface area contributed by atoms with E-state index in [2.05, 4.69) is 15.3 Å². The average Bonchev–Trinajstić information content (AvgIpc) is 3.26. The van der Waals surface area contributed by atoms with Crippen molar-refractivity contribution in [2.24, 2.45) is 0 Å². The zero-order chi connectivity index (χ0) is 16.7. The number of carbonyl (C=O) groups is 2. The molecule has 0 spiro atoms. The minimum Gasteiger partial charge on any atom is -0.342 e. The van der Waals surface area contributed by atoms with Crippen LogP contribution in [0.3, 0.4) is 0 Å². The Kier molecular flexibility index (Phi) is 3.95. The van der Waals surface area contributed by atoms with Gasteiger partial charge in [0.25, 0.3) is 5.91 Å². The summed E-state index contributed by atoms with van der Waals surface area (Å²) in [5.74, 6) is -1.06. The van der Waals surface area contributed by atoms with E-state index < -0.39 is 5.79 Å². The molecular weight excluding hydrogens is 350 g/mol. The van der Waals surface area contributed by atoms with Gasteiger partial charge in [-0.05, 0) is 19.8 Å². The van der Waals surface area contributed by atoms with Crippen LogP contribution in [0, 0.1) is 0 Å². The highest BCUT2D eigenvalue weighted by Crippen LogP contribution is 2.34. The van der Waals surface area contributed by atoms with Crippen molar-refractivity contribution in [3.63, 3.8) is 0 Å². The number of carbonyl (C=O) groups excluding carboxylic acids is 2. The monoisotopic (exact) mass is 365 g/mol. The minimum absolute atomic E-state index is 0.109. The van der Waals surface area contributed by atoms with Crippen LogP contribution in [0.25, 0.3) is 0 Å². The average molecular weight is 365 g/mol. The van der Waals surface area contributed by atoms with E-state index in [4.69, 9.17) is 9.47 Å². The summed E-state index contributed by atoms with van der Waals surface area (Å²) in [5, 5.41) is 3.82. The summed E-state index contributed by atoms with van der Waals surface area (Å²) < 4.78 is 11.1. The molecule has 0 bridgehead atoms. The number of nitrogens with zero attached hydrogens (tertiary/aromatic N) is 2. The summed E-state index contributed by atoms with van der Waals surface area (Å²) in [4.78, 5) is 34.0. The molecule has 4 rings (SSSR count). The number of hydrogen-bond acceptors (Lipinski definition) is 8. The topological polar surface area (TPSA) is 90.4 Å². The Morgan fingerprint density at radius 1 is 1.29 bits per heavy atom. The van der Waals surface area contributed by atoms with E-state index in [-0.39, 0.29) is 11.7 Å². The lowest BCUT2D eigenvalue weighted by atomic mass is 10.0. The Bertz CT molecular complexity index is 808. The molecule has 0 unspecified atom stereocenters. The summed E-state index contributed by atoms with van der Waals surface area (Å²) in [5.41, 5.74) is 0.789. The van der Waals surface area contributed by atoms with Crippen molar-refractivity contribution in [2.45, 2.75) is 32.0 Å². The molecule has 9 heteroatoms. The highest BCUT2D eigenvalue weighted by atomic mass is 32.1. The Morgan fingerprint density at radius 2 is 2.08 bits per heavy atom. The van der Waals surface area contributed by atoms with Gasteiger partial charge >= 0.3 is 0 Å². The molecule has 1 amide bonds. The molecule has 1 saturated heterocycles. The van der Waals surface area contributed by atoms with Gasteiger partial charge in [0.05, 0.1) is 30.0 Å². The lowest BCUT2D eigenvalue weighted by Crippen LogP contribution is -2.21. The maximum atomic E-state index is 12.4. The Morgan fingerprint density at radius 3 is 2.83 bits per heavy atom. The van der Waals surface area contributed by atoms with E-state index in [9.17, 15) is 9.59 Å². The van der Waals surface area contributed by atoms with Crippen molar-refractivity contribution in [2.75, 3.05) is 18.5 Å². The summed E-state index contributed by atoms with van der Waals surface area (Å²) in [7, 11) is 0. The number of hydrogen-bond donors (Lipinski definition) is 1. The molecule has 3 heterocycles. The molecule has 1 N–H and O–H groups in total. The fourth-order valence-corrected chi connectivity index (χ4v) is 4.55. The first-order valence-electron chi connectivity index (χ1n) is 7.64. The lowest BCUT2D eigenvalue weighted by Gasteiger charge is -2.18. The van der Waals surface area contributed by atoms with E-state index in [0.717, 1.165) is 18.5 Å². The smallest absolute Gasteiger partial charge is 0.269 e. The van der Waals surface area contributed by atoms with Gasteiger partial charge in [0, 0.05) is 6.42 Å². The van der Waals surface area contributed by atoms with Crippen LogP contribution in [0.4, 0.5) is 5.13 Å². The van der Waals surface area contributed by atoms with Crippen molar-refractivity contribution >= 4 is 39.5 Å². The molecule has 7 nitrogen and oxygen atoms in total. The Labute approximate surface area is 146 Å². The third-order valence-corrected chi connectivity index (χ3v) is 6.18. The van der Waals surface area contributed by atoms with Gasteiger partial charge in [-0.1, -0.05) is 11.3 Å². The van der Waals surface area contributed by atoms with Crippen molar-refractivity contribution < 1.29 is 19.1 Å². The van der Waals surface area contributed by atoms with Gasteiger partial charge in [-0.2, -0.15) is 0 Å². The van der Waals surface area contributed by atoms with Gasteiger partial charge in [-0.3, -0.25) is 14.9 Å². The largest absolute Gasteiger partial charge is 0.342 e. The molecule has 0 radical (unpaired) electrons. The molecule has 1 aliphatic heterocycles. The predicted octanol–water partition coefficient (Wildman–Crippen LogP) is 2.59. The van der Waals surface area contributed by atoms with Crippen LogP contribution in [0.1, 0.15) is 49.8 Å². The molecular formula is C15H15N3O4S2. The van der Waals surface area contributed by atoms with Crippen molar-refractivity contribution in [3.05, 3.63) is 26.7 Å². The number of rotatable bonds is 3. The van der Waals surface area contributed by atoms with E-state index in [1.54, 1.807) is 6.92 Å². The van der Waals surface area contributed by atoms with Crippen LogP contribution >= 0.6 is 22.7 Å². The zero-order valence-electron chi connectivity index (χ0n) is 13.0. The van der Waals surface area contributed by atoms with E-state index in [1.165, 1.54) is 28.9 Å². The number of aromatic nitrogens is 2. The normalized spacial score (nSPS) is 19.3. The van der Waals surface area contributed by atoms with Crippen molar-refractivity contribution in [1.82, 2.24) is 9.97 Å². The number of anilines is 1. The first-order chi connectivity index (χ1) is 11.5. The quantitative estimate of drug-likeness (QED) is 0.899. The van der Waals surface area contributed by atoms with Crippen LogP contribution in [0.2, 0.25) is 0 Å². The maximum Gasteiger partial charge on any atom is 0.269 e. The van der Waals surface area contributed by atoms with Crippen molar-refractivity contribution in [1.29, 1.82) is 0 Å². The number of ketones is 1. The third-order valence-electron chi connectivity index (χ3n) is 3.94. The van der Waals surface area contributed by atoms with Gasteiger partial charge in [-0.25, -0.2) is 9.97 Å². The molecule has 24 heavy (non-hydrogen) atoms. The number of amides is 1. The standard InChI is InChI=1S/C15H15N3O4S2/c1-15(21-5-6-22-15)13-16-7-10(23-13)12(20)18-14-17-8-3-2-4-9(19)11(8)24-14/h7H,2-6H2,1H3,(H,17,18,20). The van der Waals surface area contributed by atoms with E-state index in [0.29, 0.717) is 39.5 Å². The Hall–Kier alpha value is -1.68. The number of ether oxygens (including phenoxy) is 2. The lowest BCUT2D eigenvalue weighted by molar-refractivity contribution is -0.149. The first-order valence-corrected chi connectivity index (χ1v) is 9.27. The number of aryl methyl sites for hydroxylation is 1. The summed E-state index contributed by atoms with van der Waals surface area (Å²) >= 11 is 2.47. The van der Waals surface area contributed by atoms with Crippen molar-refractivity contribution in [3.8, 4) is 0 Å². The van der Waals surface area contributed by atoms with Gasteiger partial charge in [0.15, 0.2) is 15.9 Å². The Balaban J connectivity index is 1.51. The van der Waals surface area contributed by atoms with Gasteiger partial charge in [0.2, 0.25) is 5.79 Å². The molecule has 1 fully saturated rings. The van der Waals surface area contributed by atoms with Crippen LogP contribution in [-0.4, -0.2) is 34.9 Å². The number of Topliss-reactive ketones (excluding diaryl/α,β-unsaturated/α-hetero) is 1. The molecule has 2 aromatic rings. The zero-order valence-corrected chi connectivity index (χ0v) is 14.6. The molecule has 2 aliphatic rings. The molecule has 0 atom stereocenters. The molecule has 0 saturated carbocycles. The van der Waals surface area contributed by atoms with Crippen LogP contribution in [-0.2, 0) is 21.7 Å². The molecule has 1 aliphatic carbocycles. The van der Waals surface area contributed by atoms with E-state index in [1.807, 2.05) is 0 Å². The summed E-state index contributed by atoms with van der Waals surface area (Å²) in [6, 6.07) is 0. The van der Waals surface area contributed by atoms with Gasteiger partial charge in [0.1, 0.15) is 4.88 Å².